The fraction of sp³-hybridized carbons (Fsp3) is 0.444. The number of amides is 1. The Balaban J connectivity index is 1.44. The van der Waals surface area contributed by atoms with Crippen LogP contribution in [0.3, 0.4) is 0 Å². The van der Waals surface area contributed by atoms with Crippen molar-refractivity contribution in [3.05, 3.63) is 52.3 Å². The summed E-state index contributed by atoms with van der Waals surface area (Å²) >= 11 is 0. The summed E-state index contributed by atoms with van der Waals surface area (Å²) in [7, 11) is 0. The second-order valence-corrected chi connectivity index (χ2v) is 6.27. The Morgan fingerprint density at radius 2 is 2.14 bits per heavy atom. The van der Waals surface area contributed by atoms with Crippen LogP contribution in [-0.2, 0) is 6.42 Å². The summed E-state index contributed by atoms with van der Waals surface area (Å²) < 4.78 is 0. The molecule has 1 fully saturated rings. The predicted octanol–water partition coefficient (Wildman–Crippen LogP) is 3.27. The van der Waals surface area contributed by atoms with Gasteiger partial charge in [0.2, 0.25) is 0 Å². The molecular formula is C18H23N3O. The lowest BCUT2D eigenvalue weighted by atomic mass is 10.0. The number of carbonyl (C=O) groups excluding carboxylic acids is 1. The molecular weight excluding hydrogens is 274 g/mol. The molecule has 1 aliphatic carbocycles. The molecule has 0 spiro atoms. The van der Waals surface area contributed by atoms with Gasteiger partial charge >= 0.3 is 0 Å². The van der Waals surface area contributed by atoms with Crippen LogP contribution < -0.4 is 5.32 Å². The topological polar surface area (TPSA) is 57.8 Å². The second kappa shape index (κ2) is 6.34. The van der Waals surface area contributed by atoms with Crippen LogP contribution in [-0.4, -0.2) is 22.6 Å². The van der Waals surface area contributed by atoms with Gasteiger partial charge in [0.1, 0.15) is 5.69 Å². The zero-order valence-electron chi connectivity index (χ0n) is 13.3. The van der Waals surface area contributed by atoms with Crippen LogP contribution in [0.15, 0.2) is 24.3 Å². The molecule has 0 saturated heterocycles. The van der Waals surface area contributed by atoms with E-state index >= 15 is 0 Å². The third-order valence-electron chi connectivity index (χ3n) is 4.25. The average molecular weight is 297 g/mol. The number of hydrogen-bond acceptors (Lipinski definition) is 2. The van der Waals surface area contributed by atoms with Crippen LogP contribution in [0.5, 0.6) is 0 Å². The molecule has 22 heavy (non-hydrogen) atoms. The number of carbonyl (C=O) groups is 1. The van der Waals surface area contributed by atoms with Crippen LogP contribution in [0.2, 0.25) is 0 Å². The number of benzene rings is 1. The first-order valence-corrected chi connectivity index (χ1v) is 8.03. The van der Waals surface area contributed by atoms with Crippen molar-refractivity contribution in [1.29, 1.82) is 0 Å². The summed E-state index contributed by atoms with van der Waals surface area (Å²) in [6, 6.07) is 8.42. The van der Waals surface area contributed by atoms with Crippen molar-refractivity contribution in [3.8, 4) is 0 Å². The number of aromatic amines is 1. The van der Waals surface area contributed by atoms with E-state index in [1.807, 2.05) is 6.07 Å². The molecule has 0 radical (unpaired) electrons. The Kier molecular flexibility index (Phi) is 4.27. The van der Waals surface area contributed by atoms with E-state index in [0.717, 1.165) is 18.5 Å². The number of aromatic nitrogens is 2. The molecule has 3 rings (SSSR count). The monoisotopic (exact) mass is 297 g/mol. The third kappa shape index (κ3) is 3.56. The lowest BCUT2D eigenvalue weighted by Crippen LogP contribution is -2.25. The van der Waals surface area contributed by atoms with Crippen molar-refractivity contribution in [2.75, 3.05) is 6.54 Å². The van der Waals surface area contributed by atoms with Crippen molar-refractivity contribution in [1.82, 2.24) is 15.5 Å². The van der Waals surface area contributed by atoms with Crippen molar-refractivity contribution < 1.29 is 4.79 Å². The van der Waals surface area contributed by atoms with Gasteiger partial charge in [-0.05, 0) is 56.7 Å². The van der Waals surface area contributed by atoms with E-state index in [-0.39, 0.29) is 5.91 Å². The molecule has 1 aliphatic rings. The highest BCUT2D eigenvalue weighted by Gasteiger charge is 2.26. The minimum Gasteiger partial charge on any atom is -0.351 e. The Morgan fingerprint density at radius 3 is 2.86 bits per heavy atom. The van der Waals surface area contributed by atoms with Gasteiger partial charge in [0.25, 0.3) is 5.91 Å². The van der Waals surface area contributed by atoms with Crippen LogP contribution >= 0.6 is 0 Å². The van der Waals surface area contributed by atoms with Gasteiger partial charge in [0.15, 0.2) is 0 Å². The van der Waals surface area contributed by atoms with Crippen LogP contribution in [0.4, 0.5) is 0 Å². The average Bonchev–Trinajstić information content (AvgIpc) is 3.22. The van der Waals surface area contributed by atoms with E-state index in [1.54, 1.807) is 0 Å². The normalized spacial score (nSPS) is 14.1. The summed E-state index contributed by atoms with van der Waals surface area (Å²) in [4.78, 5) is 12.0. The molecule has 0 atom stereocenters. The van der Waals surface area contributed by atoms with E-state index in [0.29, 0.717) is 18.2 Å². The number of aryl methyl sites for hydroxylation is 3. The third-order valence-corrected chi connectivity index (χ3v) is 4.25. The van der Waals surface area contributed by atoms with E-state index in [4.69, 9.17) is 0 Å². The second-order valence-electron chi connectivity index (χ2n) is 6.27. The van der Waals surface area contributed by atoms with E-state index in [1.165, 1.54) is 29.5 Å². The minimum absolute atomic E-state index is 0.0798. The molecule has 1 aromatic carbocycles. The fourth-order valence-electron chi connectivity index (χ4n) is 2.75. The van der Waals surface area contributed by atoms with Crippen LogP contribution in [0.1, 0.15) is 58.1 Å². The fourth-order valence-corrected chi connectivity index (χ4v) is 2.75. The number of H-pyrrole nitrogens is 1. The van der Waals surface area contributed by atoms with Crippen molar-refractivity contribution in [3.63, 3.8) is 0 Å². The molecule has 116 valence electrons. The van der Waals surface area contributed by atoms with Crippen molar-refractivity contribution in [2.24, 2.45) is 0 Å². The maximum Gasteiger partial charge on any atom is 0.271 e. The van der Waals surface area contributed by atoms with Crippen molar-refractivity contribution in [2.45, 2.75) is 45.4 Å². The highest BCUT2D eigenvalue weighted by molar-refractivity contribution is 5.92. The van der Waals surface area contributed by atoms with Crippen molar-refractivity contribution >= 4 is 5.91 Å². The summed E-state index contributed by atoms with van der Waals surface area (Å²) in [6.07, 6.45) is 4.34. The Labute approximate surface area is 131 Å². The van der Waals surface area contributed by atoms with E-state index in [9.17, 15) is 4.79 Å². The first-order chi connectivity index (χ1) is 10.6. The van der Waals surface area contributed by atoms with Gasteiger partial charge in [-0.2, -0.15) is 5.10 Å². The lowest BCUT2D eigenvalue weighted by molar-refractivity contribution is 0.0948. The zero-order valence-corrected chi connectivity index (χ0v) is 13.3. The van der Waals surface area contributed by atoms with Gasteiger partial charge < -0.3 is 5.32 Å². The molecule has 2 aromatic rings. The summed E-state index contributed by atoms with van der Waals surface area (Å²) in [5.74, 6) is 0.516. The highest BCUT2D eigenvalue weighted by Crippen LogP contribution is 2.38. The van der Waals surface area contributed by atoms with Gasteiger partial charge in [-0.3, -0.25) is 9.89 Å². The molecule has 4 heteroatoms. The number of nitrogens with one attached hydrogen (secondary N) is 2. The van der Waals surface area contributed by atoms with Gasteiger partial charge in [-0.25, -0.2) is 0 Å². The van der Waals surface area contributed by atoms with Gasteiger partial charge in [-0.15, -0.1) is 0 Å². The maximum atomic E-state index is 12.0. The molecule has 1 heterocycles. The summed E-state index contributed by atoms with van der Waals surface area (Å²) in [5, 5.41) is 10.0. The molecule has 1 amide bonds. The summed E-state index contributed by atoms with van der Waals surface area (Å²) in [6.45, 7) is 4.93. The standard InChI is InChI=1S/C18H23N3O/c1-12-5-6-14(13(2)10-12)4-3-9-19-18(22)17-11-16(20-21-17)15-7-8-15/h5-6,10-11,15H,3-4,7-9H2,1-2H3,(H,19,22)(H,20,21). The number of nitrogens with zero attached hydrogens (tertiary/aromatic N) is 1. The smallest absolute Gasteiger partial charge is 0.271 e. The number of hydrogen-bond donors (Lipinski definition) is 2. The van der Waals surface area contributed by atoms with Gasteiger partial charge in [-0.1, -0.05) is 23.8 Å². The molecule has 1 saturated carbocycles. The summed E-state index contributed by atoms with van der Waals surface area (Å²) in [5.41, 5.74) is 5.58. The van der Waals surface area contributed by atoms with E-state index < -0.39 is 0 Å². The van der Waals surface area contributed by atoms with Gasteiger partial charge in [0.05, 0.1) is 0 Å². The predicted molar refractivity (Wildman–Crippen MR) is 87.1 cm³/mol. The first kappa shape index (κ1) is 14.8. The minimum atomic E-state index is -0.0798. The molecule has 0 aliphatic heterocycles. The van der Waals surface area contributed by atoms with Crippen LogP contribution in [0, 0.1) is 13.8 Å². The molecule has 4 nitrogen and oxygen atoms in total. The maximum absolute atomic E-state index is 12.0. The Morgan fingerprint density at radius 1 is 1.32 bits per heavy atom. The molecule has 0 unspecified atom stereocenters. The largest absolute Gasteiger partial charge is 0.351 e. The lowest BCUT2D eigenvalue weighted by Gasteiger charge is -2.07. The first-order valence-electron chi connectivity index (χ1n) is 8.03. The quantitative estimate of drug-likeness (QED) is 0.804. The van der Waals surface area contributed by atoms with Gasteiger partial charge in [0, 0.05) is 18.2 Å². The number of rotatable bonds is 6. The Bertz CT molecular complexity index is 671. The zero-order chi connectivity index (χ0) is 15.5. The van der Waals surface area contributed by atoms with E-state index in [2.05, 4.69) is 47.6 Å². The SMILES string of the molecule is Cc1ccc(CCCNC(=O)c2cc(C3CC3)[nH]n2)c(C)c1. The highest BCUT2D eigenvalue weighted by atomic mass is 16.1. The Hall–Kier alpha value is -2.10. The van der Waals surface area contributed by atoms with Crippen LogP contribution in [0.25, 0.3) is 0 Å². The molecule has 1 aromatic heterocycles. The molecule has 0 bridgehead atoms. The molecule has 2 N–H and O–H groups in total.